The Balaban J connectivity index is 1.69. The highest BCUT2D eigenvalue weighted by Gasteiger charge is 2.34. The van der Waals surface area contributed by atoms with Crippen LogP contribution in [0.2, 0.25) is 0 Å². The highest BCUT2D eigenvalue weighted by atomic mass is 32.2. The van der Waals surface area contributed by atoms with Crippen LogP contribution in [0.25, 0.3) is 6.08 Å². The summed E-state index contributed by atoms with van der Waals surface area (Å²) in [7, 11) is 1.32. The third-order valence-corrected chi connectivity index (χ3v) is 4.63. The largest absolute Gasteiger partial charge is 0.465 e. The SMILES string of the molecule is COC(=O)c1ccc(/C=C2\SC(=O)N(CNc3ccccc3)C2=O)cc1. The minimum Gasteiger partial charge on any atom is -0.465 e. The van der Waals surface area contributed by atoms with E-state index in [2.05, 4.69) is 10.1 Å². The Morgan fingerprint density at radius 1 is 1.12 bits per heavy atom. The van der Waals surface area contributed by atoms with Crippen molar-refractivity contribution in [2.45, 2.75) is 0 Å². The maximum absolute atomic E-state index is 12.5. The summed E-state index contributed by atoms with van der Waals surface area (Å²) >= 11 is 0.894. The van der Waals surface area contributed by atoms with Gasteiger partial charge in [0.2, 0.25) is 0 Å². The summed E-state index contributed by atoms with van der Waals surface area (Å²) in [6.45, 7) is 0.104. The van der Waals surface area contributed by atoms with Crippen LogP contribution in [0.4, 0.5) is 10.5 Å². The Hall–Kier alpha value is -3.06. The lowest BCUT2D eigenvalue weighted by atomic mass is 10.1. The molecule has 3 rings (SSSR count). The molecule has 0 saturated carbocycles. The van der Waals surface area contributed by atoms with E-state index in [1.54, 1.807) is 30.3 Å². The molecule has 132 valence electrons. The fourth-order valence-corrected chi connectivity index (χ4v) is 3.19. The number of nitrogens with zero attached hydrogens (tertiary/aromatic N) is 1. The monoisotopic (exact) mass is 368 g/mol. The lowest BCUT2D eigenvalue weighted by Crippen LogP contribution is -2.33. The van der Waals surface area contributed by atoms with E-state index in [9.17, 15) is 14.4 Å². The van der Waals surface area contributed by atoms with Gasteiger partial charge >= 0.3 is 5.97 Å². The molecule has 1 fully saturated rings. The molecule has 1 heterocycles. The average Bonchev–Trinajstić information content (AvgIpc) is 2.94. The third-order valence-electron chi connectivity index (χ3n) is 3.72. The van der Waals surface area contributed by atoms with Crippen molar-refractivity contribution in [3.63, 3.8) is 0 Å². The summed E-state index contributed by atoms with van der Waals surface area (Å²) in [5, 5.41) is 2.73. The zero-order chi connectivity index (χ0) is 18.5. The standard InChI is InChI=1S/C19H16N2O4S/c1-25-18(23)14-9-7-13(8-10-14)11-16-17(22)21(19(24)26-16)12-20-15-5-3-2-4-6-15/h2-11,20H,12H2,1H3/b16-11-. The predicted octanol–water partition coefficient (Wildman–Crippen LogP) is 3.58. The number of esters is 1. The number of methoxy groups -OCH3 is 1. The van der Waals surface area contributed by atoms with Gasteiger partial charge in [-0.1, -0.05) is 30.3 Å². The number of hydrogen-bond donors (Lipinski definition) is 1. The van der Waals surface area contributed by atoms with E-state index in [4.69, 9.17) is 0 Å². The van der Waals surface area contributed by atoms with Crippen LogP contribution in [-0.4, -0.2) is 35.8 Å². The molecular weight excluding hydrogens is 352 g/mol. The molecule has 2 amide bonds. The zero-order valence-electron chi connectivity index (χ0n) is 14.0. The van der Waals surface area contributed by atoms with Crippen molar-refractivity contribution >= 4 is 40.6 Å². The van der Waals surface area contributed by atoms with Gasteiger partial charge < -0.3 is 10.1 Å². The number of carbonyl (C=O) groups is 3. The first-order valence-electron chi connectivity index (χ1n) is 7.81. The molecule has 0 atom stereocenters. The molecule has 7 heteroatoms. The van der Waals surface area contributed by atoms with Gasteiger partial charge in [-0.05, 0) is 47.7 Å². The van der Waals surface area contributed by atoms with Crippen LogP contribution in [0.15, 0.2) is 59.5 Å². The lowest BCUT2D eigenvalue weighted by Gasteiger charge is -2.14. The molecule has 1 aliphatic heterocycles. The number of ether oxygens (including phenoxy) is 1. The Morgan fingerprint density at radius 2 is 1.81 bits per heavy atom. The molecule has 0 aliphatic carbocycles. The normalized spacial score (nSPS) is 15.4. The van der Waals surface area contributed by atoms with E-state index in [0.717, 1.165) is 27.9 Å². The molecule has 2 aromatic carbocycles. The van der Waals surface area contributed by atoms with E-state index in [0.29, 0.717) is 10.5 Å². The molecule has 1 aliphatic rings. The summed E-state index contributed by atoms with van der Waals surface area (Å²) in [5.74, 6) is -0.774. The highest BCUT2D eigenvalue weighted by molar-refractivity contribution is 8.18. The highest BCUT2D eigenvalue weighted by Crippen LogP contribution is 2.32. The van der Waals surface area contributed by atoms with Gasteiger partial charge in [-0.25, -0.2) is 4.79 Å². The topological polar surface area (TPSA) is 75.7 Å². The number of amides is 2. The number of rotatable bonds is 5. The first-order valence-corrected chi connectivity index (χ1v) is 8.63. The van der Waals surface area contributed by atoms with Gasteiger partial charge in [0.25, 0.3) is 11.1 Å². The molecule has 0 bridgehead atoms. The van der Waals surface area contributed by atoms with Crippen LogP contribution in [0.3, 0.4) is 0 Å². The Labute approximate surface area is 154 Å². The fourth-order valence-electron chi connectivity index (χ4n) is 2.35. The number of imide groups is 1. The molecule has 0 aromatic heterocycles. The number of benzene rings is 2. The summed E-state index contributed by atoms with van der Waals surface area (Å²) in [4.78, 5) is 37.5. The average molecular weight is 368 g/mol. The molecule has 6 nitrogen and oxygen atoms in total. The maximum Gasteiger partial charge on any atom is 0.337 e. The van der Waals surface area contributed by atoms with Crippen LogP contribution in [-0.2, 0) is 9.53 Å². The van der Waals surface area contributed by atoms with Crippen molar-refractivity contribution in [3.8, 4) is 0 Å². The summed E-state index contributed by atoms with van der Waals surface area (Å²) in [6.07, 6.45) is 1.63. The second-order valence-corrected chi connectivity index (χ2v) is 6.42. The van der Waals surface area contributed by atoms with Gasteiger partial charge in [-0.15, -0.1) is 0 Å². The molecular formula is C19H16N2O4S. The Kier molecular flexibility index (Phi) is 5.38. The molecule has 0 spiro atoms. The summed E-state index contributed by atoms with van der Waals surface area (Å²) in [6, 6.07) is 16.0. The van der Waals surface area contributed by atoms with Crippen molar-refractivity contribution in [2.24, 2.45) is 0 Å². The Morgan fingerprint density at radius 3 is 2.46 bits per heavy atom. The van der Waals surface area contributed by atoms with Crippen molar-refractivity contribution in [2.75, 3.05) is 19.1 Å². The van der Waals surface area contributed by atoms with Gasteiger partial charge in [-0.2, -0.15) is 0 Å². The number of anilines is 1. The van der Waals surface area contributed by atoms with Crippen molar-refractivity contribution in [1.82, 2.24) is 4.90 Å². The van der Waals surface area contributed by atoms with Gasteiger partial charge in [0.15, 0.2) is 0 Å². The Bertz CT molecular complexity index is 863. The van der Waals surface area contributed by atoms with Crippen LogP contribution in [0, 0.1) is 0 Å². The number of para-hydroxylation sites is 1. The number of nitrogens with one attached hydrogen (secondary N) is 1. The van der Waals surface area contributed by atoms with Gasteiger partial charge in [0.05, 0.1) is 24.2 Å². The third kappa shape index (κ3) is 3.94. The number of thioether (sulfide) groups is 1. The minimum absolute atomic E-state index is 0.104. The van der Waals surface area contributed by atoms with Crippen LogP contribution in [0.1, 0.15) is 15.9 Å². The van der Waals surface area contributed by atoms with E-state index in [1.807, 2.05) is 30.3 Å². The first-order chi connectivity index (χ1) is 12.6. The minimum atomic E-state index is -0.427. The van der Waals surface area contributed by atoms with Crippen LogP contribution < -0.4 is 5.32 Å². The maximum atomic E-state index is 12.5. The number of carbonyl (C=O) groups excluding carboxylic acids is 3. The smallest absolute Gasteiger partial charge is 0.337 e. The second kappa shape index (κ2) is 7.88. The molecule has 26 heavy (non-hydrogen) atoms. The zero-order valence-corrected chi connectivity index (χ0v) is 14.8. The lowest BCUT2D eigenvalue weighted by molar-refractivity contribution is -0.122. The summed E-state index contributed by atoms with van der Waals surface area (Å²) < 4.78 is 4.65. The van der Waals surface area contributed by atoms with Crippen LogP contribution >= 0.6 is 11.8 Å². The van der Waals surface area contributed by atoms with E-state index < -0.39 is 5.97 Å². The fraction of sp³-hybridized carbons (Fsp3) is 0.105. The molecule has 2 aromatic rings. The molecule has 0 unspecified atom stereocenters. The quantitative estimate of drug-likeness (QED) is 0.642. The van der Waals surface area contributed by atoms with E-state index in [1.165, 1.54) is 7.11 Å². The van der Waals surface area contributed by atoms with Gasteiger partial charge in [-0.3, -0.25) is 14.5 Å². The first kappa shape index (κ1) is 17.8. The predicted molar refractivity (Wildman–Crippen MR) is 101 cm³/mol. The van der Waals surface area contributed by atoms with Crippen molar-refractivity contribution in [1.29, 1.82) is 0 Å². The molecule has 1 N–H and O–H groups in total. The van der Waals surface area contributed by atoms with Gasteiger partial charge in [0, 0.05) is 5.69 Å². The van der Waals surface area contributed by atoms with E-state index in [-0.39, 0.29) is 17.8 Å². The summed E-state index contributed by atoms with van der Waals surface area (Å²) in [5.41, 5.74) is 1.97. The van der Waals surface area contributed by atoms with Crippen molar-refractivity contribution in [3.05, 3.63) is 70.6 Å². The van der Waals surface area contributed by atoms with Crippen LogP contribution in [0.5, 0.6) is 0 Å². The van der Waals surface area contributed by atoms with Crippen molar-refractivity contribution < 1.29 is 19.1 Å². The number of hydrogen-bond acceptors (Lipinski definition) is 6. The molecule has 1 saturated heterocycles. The van der Waals surface area contributed by atoms with Gasteiger partial charge in [0.1, 0.15) is 0 Å². The van der Waals surface area contributed by atoms with E-state index >= 15 is 0 Å². The molecule has 0 radical (unpaired) electrons. The second-order valence-electron chi connectivity index (χ2n) is 5.42.